The van der Waals surface area contributed by atoms with E-state index in [4.69, 9.17) is 0 Å². The SMILES string of the molecule is CCCCC(CC)CSc1cc[c]s1. The van der Waals surface area contributed by atoms with Crippen molar-refractivity contribution in [1.29, 1.82) is 0 Å². The first-order chi connectivity index (χ1) is 6.86. The van der Waals surface area contributed by atoms with Crippen LogP contribution < -0.4 is 0 Å². The van der Waals surface area contributed by atoms with E-state index in [1.807, 2.05) is 17.8 Å². The summed E-state index contributed by atoms with van der Waals surface area (Å²) in [6.07, 6.45) is 5.43. The van der Waals surface area contributed by atoms with Crippen LogP contribution in [-0.2, 0) is 0 Å². The van der Waals surface area contributed by atoms with E-state index in [1.165, 1.54) is 35.6 Å². The number of thioether (sulfide) groups is 1. The van der Waals surface area contributed by atoms with Crippen LogP contribution in [-0.4, -0.2) is 5.75 Å². The van der Waals surface area contributed by atoms with E-state index >= 15 is 0 Å². The van der Waals surface area contributed by atoms with Crippen LogP contribution in [0.2, 0.25) is 0 Å². The fraction of sp³-hybridized carbons (Fsp3) is 0.667. The Morgan fingerprint density at radius 1 is 1.50 bits per heavy atom. The zero-order chi connectivity index (χ0) is 10.2. The highest BCUT2D eigenvalue weighted by Gasteiger charge is 2.06. The second kappa shape index (κ2) is 7.36. The largest absolute Gasteiger partial charge is 0.128 e. The maximum Gasteiger partial charge on any atom is 0.0605 e. The molecule has 0 aliphatic carbocycles. The number of thiophene rings is 1. The highest BCUT2D eigenvalue weighted by Crippen LogP contribution is 2.27. The summed E-state index contributed by atoms with van der Waals surface area (Å²) in [5, 5.41) is 3.14. The predicted octanol–water partition coefficient (Wildman–Crippen LogP) is 4.86. The zero-order valence-corrected chi connectivity index (χ0v) is 10.7. The van der Waals surface area contributed by atoms with E-state index in [9.17, 15) is 0 Å². The molecular weight excluding hydrogens is 208 g/mol. The van der Waals surface area contributed by atoms with Crippen molar-refractivity contribution in [2.45, 2.75) is 43.7 Å². The molecule has 14 heavy (non-hydrogen) atoms. The number of hydrogen-bond donors (Lipinski definition) is 0. The van der Waals surface area contributed by atoms with Crippen LogP contribution in [0.1, 0.15) is 39.5 Å². The van der Waals surface area contributed by atoms with Gasteiger partial charge >= 0.3 is 0 Å². The van der Waals surface area contributed by atoms with Gasteiger partial charge in [0.2, 0.25) is 0 Å². The number of rotatable bonds is 7. The molecule has 0 fully saturated rings. The standard InChI is InChI=1S/C12H19S2/c1-3-5-7-11(4-2)10-14-12-8-6-9-13-12/h6,8,11H,3-5,7,10H2,1-2H3. The molecule has 2 heteroatoms. The molecule has 1 heterocycles. The molecule has 1 atom stereocenters. The van der Waals surface area contributed by atoms with Gasteiger partial charge in [0.1, 0.15) is 0 Å². The molecule has 0 bridgehead atoms. The Morgan fingerprint density at radius 3 is 2.93 bits per heavy atom. The average molecular weight is 227 g/mol. The summed E-state index contributed by atoms with van der Waals surface area (Å²) >= 11 is 3.73. The van der Waals surface area contributed by atoms with Crippen LogP contribution in [0.15, 0.2) is 16.3 Å². The van der Waals surface area contributed by atoms with Crippen LogP contribution in [0.4, 0.5) is 0 Å². The van der Waals surface area contributed by atoms with E-state index in [0.29, 0.717) is 0 Å². The van der Waals surface area contributed by atoms with Crippen molar-refractivity contribution < 1.29 is 0 Å². The van der Waals surface area contributed by atoms with Crippen molar-refractivity contribution in [3.63, 3.8) is 0 Å². The molecule has 0 saturated carbocycles. The van der Waals surface area contributed by atoms with Crippen molar-refractivity contribution in [1.82, 2.24) is 0 Å². The lowest BCUT2D eigenvalue weighted by Gasteiger charge is -2.12. The van der Waals surface area contributed by atoms with Gasteiger partial charge < -0.3 is 0 Å². The van der Waals surface area contributed by atoms with Gasteiger partial charge in [-0.15, -0.1) is 23.1 Å². The molecule has 0 nitrogen and oxygen atoms in total. The number of unbranched alkanes of at least 4 members (excludes halogenated alkanes) is 1. The van der Waals surface area contributed by atoms with Crippen molar-refractivity contribution in [2.75, 3.05) is 5.75 Å². The highest BCUT2D eigenvalue weighted by molar-refractivity contribution is 8.01. The van der Waals surface area contributed by atoms with Gasteiger partial charge in [-0.1, -0.05) is 33.1 Å². The Hall–Kier alpha value is 0.0500. The van der Waals surface area contributed by atoms with Gasteiger partial charge in [-0.05, 0) is 24.5 Å². The Kier molecular flexibility index (Phi) is 6.37. The molecule has 0 spiro atoms. The first-order valence-corrected chi connectivity index (χ1v) is 7.25. The van der Waals surface area contributed by atoms with Gasteiger partial charge in [0.25, 0.3) is 0 Å². The molecule has 1 unspecified atom stereocenters. The van der Waals surface area contributed by atoms with E-state index < -0.39 is 0 Å². The van der Waals surface area contributed by atoms with Gasteiger partial charge in [0.05, 0.1) is 4.21 Å². The summed E-state index contributed by atoms with van der Waals surface area (Å²) in [5.41, 5.74) is 0. The molecular formula is C12H19S2. The fourth-order valence-electron chi connectivity index (χ4n) is 1.40. The molecule has 1 aromatic heterocycles. The molecule has 1 aromatic rings. The van der Waals surface area contributed by atoms with Gasteiger partial charge in [-0.2, -0.15) is 0 Å². The summed E-state index contributed by atoms with van der Waals surface area (Å²) in [6, 6.07) is 4.18. The molecule has 0 N–H and O–H groups in total. The lowest BCUT2D eigenvalue weighted by Crippen LogP contribution is -2.01. The minimum absolute atomic E-state index is 0.905. The van der Waals surface area contributed by atoms with Crippen molar-refractivity contribution >= 4 is 23.1 Å². The van der Waals surface area contributed by atoms with Crippen LogP contribution in [0, 0.1) is 11.3 Å². The maximum atomic E-state index is 3.14. The van der Waals surface area contributed by atoms with Gasteiger partial charge in [0.15, 0.2) is 0 Å². The third-order valence-electron chi connectivity index (χ3n) is 2.45. The first-order valence-electron chi connectivity index (χ1n) is 5.45. The molecule has 1 radical (unpaired) electrons. The zero-order valence-electron chi connectivity index (χ0n) is 9.08. The summed E-state index contributed by atoms with van der Waals surface area (Å²) < 4.78 is 1.42. The summed E-state index contributed by atoms with van der Waals surface area (Å²) in [6.45, 7) is 4.58. The second-order valence-corrected chi connectivity index (χ2v) is 5.80. The molecule has 0 aromatic carbocycles. The van der Waals surface area contributed by atoms with Gasteiger partial charge in [-0.3, -0.25) is 0 Å². The lowest BCUT2D eigenvalue weighted by molar-refractivity contribution is 0.499. The molecule has 0 aliphatic rings. The van der Waals surface area contributed by atoms with Crippen LogP contribution in [0.5, 0.6) is 0 Å². The number of hydrogen-bond acceptors (Lipinski definition) is 2. The second-order valence-electron chi connectivity index (χ2n) is 3.60. The molecule has 79 valence electrons. The first kappa shape index (κ1) is 12.1. The quantitative estimate of drug-likeness (QED) is 0.600. The maximum absolute atomic E-state index is 3.14. The topological polar surface area (TPSA) is 0 Å². The van der Waals surface area contributed by atoms with Gasteiger partial charge in [-0.25, -0.2) is 0 Å². The Labute approximate surface area is 96.1 Å². The minimum atomic E-state index is 0.905. The Balaban J connectivity index is 2.20. The molecule has 0 saturated heterocycles. The Morgan fingerprint density at radius 2 is 2.36 bits per heavy atom. The normalized spacial score (nSPS) is 13.0. The predicted molar refractivity (Wildman–Crippen MR) is 67.2 cm³/mol. The Bertz CT molecular complexity index is 216. The minimum Gasteiger partial charge on any atom is -0.128 e. The fourth-order valence-corrected chi connectivity index (χ4v) is 3.34. The van der Waals surface area contributed by atoms with E-state index in [1.54, 1.807) is 11.3 Å². The highest BCUT2D eigenvalue weighted by atomic mass is 32.2. The third-order valence-corrected chi connectivity index (χ3v) is 4.70. The van der Waals surface area contributed by atoms with Crippen molar-refractivity contribution in [3.8, 4) is 0 Å². The molecule has 1 rings (SSSR count). The monoisotopic (exact) mass is 227 g/mol. The van der Waals surface area contributed by atoms with Crippen molar-refractivity contribution in [3.05, 3.63) is 17.5 Å². The lowest BCUT2D eigenvalue weighted by atomic mass is 10.0. The smallest absolute Gasteiger partial charge is 0.0605 e. The van der Waals surface area contributed by atoms with Crippen molar-refractivity contribution in [2.24, 2.45) is 5.92 Å². The van der Waals surface area contributed by atoms with Crippen LogP contribution in [0.25, 0.3) is 0 Å². The summed E-state index contributed by atoms with van der Waals surface area (Å²) in [4.78, 5) is 0. The van der Waals surface area contributed by atoms with Crippen LogP contribution in [0.3, 0.4) is 0 Å². The molecule has 0 amide bonds. The van der Waals surface area contributed by atoms with E-state index in [0.717, 1.165) is 5.92 Å². The van der Waals surface area contributed by atoms with Crippen LogP contribution >= 0.6 is 23.1 Å². The summed E-state index contributed by atoms with van der Waals surface area (Å²) in [5.74, 6) is 2.19. The van der Waals surface area contributed by atoms with E-state index in [-0.39, 0.29) is 0 Å². The molecule has 0 aliphatic heterocycles. The van der Waals surface area contributed by atoms with E-state index in [2.05, 4.69) is 25.3 Å². The van der Waals surface area contributed by atoms with Gasteiger partial charge in [0, 0.05) is 11.1 Å². The summed E-state index contributed by atoms with van der Waals surface area (Å²) in [7, 11) is 0. The third kappa shape index (κ3) is 4.52. The average Bonchev–Trinajstić information content (AvgIpc) is 2.71.